The maximum absolute atomic E-state index is 3.65. The van der Waals surface area contributed by atoms with Crippen LogP contribution in [0.25, 0.3) is 10.9 Å². The van der Waals surface area contributed by atoms with Gasteiger partial charge in [-0.15, -0.1) is 0 Å². The summed E-state index contributed by atoms with van der Waals surface area (Å²) in [5, 5.41) is 4.97. The van der Waals surface area contributed by atoms with Crippen molar-refractivity contribution in [2.75, 3.05) is 6.54 Å². The molecule has 25 heavy (non-hydrogen) atoms. The van der Waals surface area contributed by atoms with E-state index in [-0.39, 0.29) is 0 Å². The Labute approximate surface area is 149 Å². The molecule has 2 heterocycles. The summed E-state index contributed by atoms with van der Waals surface area (Å²) in [7, 11) is 0. The maximum atomic E-state index is 3.65. The van der Waals surface area contributed by atoms with Crippen molar-refractivity contribution in [2.45, 2.75) is 38.6 Å². The van der Waals surface area contributed by atoms with Gasteiger partial charge in [0.25, 0.3) is 0 Å². The zero-order valence-corrected chi connectivity index (χ0v) is 14.9. The largest absolute Gasteiger partial charge is 0.313 e. The molecule has 0 aliphatic carbocycles. The molecule has 0 amide bonds. The van der Waals surface area contributed by atoms with Crippen molar-refractivity contribution >= 4 is 10.9 Å². The van der Waals surface area contributed by atoms with Crippen LogP contribution in [0, 0.1) is 18.9 Å². The Morgan fingerprint density at radius 1 is 1.12 bits per heavy atom. The van der Waals surface area contributed by atoms with Crippen LogP contribution >= 0.6 is 0 Å². The van der Waals surface area contributed by atoms with Gasteiger partial charge in [-0.1, -0.05) is 42.8 Å². The van der Waals surface area contributed by atoms with E-state index in [0.29, 0.717) is 12.0 Å². The molecule has 1 aromatic heterocycles. The normalized spacial score (nSPS) is 18.1. The molecule has 4 rings (SSSR count). The Bertz CT molecular complexity index is 932. The standard InChI is InChI=1S/C23H24N2/c1-17-9-11-19(12-10-17)13-15-25-16-21(18(2)22-7-5-14-24-22)20-6-3-4-8-23(20)25/h3-4,6,8-12,16,18,22,24H,5,7,14H2,1-2H3. The summed E-state index contributed by atoms with van der Waals surface area (Å²) in [5.41, 5.74) is 4.91. The summed E-state index contributed by atoms with van der Waals surface area (Å²) in [5.74, 6) is 3.79. The fourth-order valence-electron chi connectivity index (χ4n) is 3.78. The zero-order chi connectivity index (χ0) is 17.2. The second-order valence-electron chi connectivity index (χ2n) is 7.07. The Morgan fingerprint density at radius 3 is 2.68 bits per heavy atom. The van der Waals surface area contributed by atoms with E-state index in [2.05, 4.69) is 90.4 Å². The van der Waals surface area contributed by atoms with Gasteiger partial charge in [-0.2, -0.15) is 0 Å². The van der Waals surface area contributed by atoms with Crippen LogP contribution in [0.4, 0.5) is 0 Å². The molecule has 2 aromatic carbocycles. The Kier molecular flexibility index (Phi) is 4.34. The van der Waals surface area contributed by atoms with E-state index in [1.807, 2.05) is 0 Å². The molecule has 2 heteroatoms. The molecule has 2 nitrogen and oxygen atoms in total. The second kappa shape index (κ2) is 6.78. The first kappa shape index (κ1) is 16.0. The van der Waals surface area contributed by atoms with Crippen molar-refractivity contribution in [1.29, 1.82) is 0 Å². The molecule has 2 unspecified atom stereocenters. The van der Waals surface area contributed by atoms with Crippen LogP contribution in [0.2, 0.25) is 0 Å². The average Bonchev–Trinajstić information content (AvgIpc) is 3.29. The van der Waals surface area contributed by atoms with E-state index in [9.17, 15) is 0 Å². The lowest BCUT2D eigenvalue weighted by Gasteiger charge is -2.18. The van der Waals surface area contributed by atoms with Gasteiger partial charge in [0.2, 0.25) is 0 Å². The van der Waals surface area contributed by atoms with Crippen molar-refractivity contribution in [3.05, 3.63) is 71.4 Å². The van der Waals surface area contributed by atoms with Crippen LogP contribution in [-0.2, 0) is 0 Å². The number of hydrogen-bond donors (Lipinski definition) is 1. The SMILES string of the molecule is Cc1ccc(C#Cn2cc(C(C)C3CCCN3)c3ccccc32)cc1. The molecular formula is C23H24N2. The summed E-state index contributed by atoms with van der Waals surface area (Å²) < 4.78 is 2.09. The van der Waals surface area contributed by atoms with Gasteiger partial charge < -0.3 is 5.32 Å². The summed E-state index contributed by atoms with van der Waals surface area (Å²) in [4.78, 5) is 0. The van der Waals surface area contributed by atoms with E-state index in [4.69, 9.17) is 0 Å². The van der Waals surface area contributed by atoms with Crippen LogP contribution in [0.15, 0.2) is 54.7 Å². The minimum Gasteiger partial charge on any atom is -0.313 e. The average molecular weight is 328 g/mol. The number of nitrogens with one attached hydrogen (secondary N) is 1. The predicted octanol–water partition coefficient (Wildman–Crippen LogP) is 4.66. The first-order valence-electron chi connectivity index (χ1n) is 9.14. The van der Waals surface area contributed by atoms with E-state index < -0.39 is 0 Å². The molecule has 1 fully saturated rings. The van der Waals surface area contributed by atoms with Crippen molar-refractivity contribution < 1.29 is 0 Å². The lowest BCUT2D eigenvalue weighted by Crippen LogP contribution is -2.27. The van der Waals surface area contributed by atoms with E-state index in [0.717, 1.165) is 12.1 Å². The molecule has 0 radical (unpaired) electrons. The van der Waals surface area contributed by atoms with Crippen molar-refractivity contribution in [3.63, 3.8) is 0 Å². The van der Waals surface area contributed by atoms with Crippen LogP contribution < -0.4 is 5.32 Å². The topological polar surface area (TPSA) is 17.0 Å². The molecule has 0 spiro atoms. The molecule has 1 N–H and O–H groups in total. The number of hydrogen-bond acceptors (Lipinski definition) is 1. The number of para-hydroxylation sites is 1. The lowest BCUT2D eigenvalue weighted by atomic mass is 9.92. The van der Waals surface area contributed by atoms with Crippen molar-refractivity contribution in [3.8, 4) is 12.0 Å². The first-order valence-corrected chi connectivity index (χ1v) is 9.14. The number of rotatable bonds is 2. The molecular weight excluding hydrogens is 304 g/mol. The summed E-state index contributed by atoms with van der Waals surface area (Å²) in [6, 6.07) is 20.9. The molecule has 3 aromatic rings. The third-order valence-corrected chi connectivity index (χ3v) is 5.31. The molecule has 2 atom stereocenters. The number of fused-ring (bicyclic) bond motifs is 1. The fraction of sp³-hybridized carbons (Fsp3) is 0.304. The zero-order valence-electron chi connectivity index (χ0n) is 14.9. The first-order chi connectivity index (χ1) is 12.2. The molecule has 0 saturated carbocycles. The van der Waals surface area contributed by atoms with Gasteiger partial charge in [-0.25, -0.2) is 0 Å². The van der Waals surface area contributed by atoms with Crippen molar-refractivity contribution in [2.24, 2.45) is 0 Å². The predicted molar refractivity (Wildman–Crippen MR) is 105 cm³/mol. The number of aryl methyl sites for hydroxylation is 1. The van der Waals surface area contributed by atoms with Crippen LogP contribution in [0.5, 0.6) is 0 Å². The van der Waals surface area contributed by atoms with Crippen molar-refractivity contribution in [1.82, 2.24) is 9.88 Å². The van der Waals surface area contributed by atoms with Gasteiger partial charge in [0.05, 0.1) is 5.52 Å². The third kappa shape index (κ3) is 3.21. The highest BCUT2D eigenvalue weighted by molar-refractivity contribution is 5.85. The number of nitrogens with zero attached hydrogens (tertiary/aromatic N) is 1. The van der Waals surface area contributed by atoms with Crippen LogP contribution in [0.1, 0.15) is 42.4 Å². The van der Waals surface area contributed by atoms with E-state index >= 15 is 0 Å². The Balaban J connectivity index is 1.73. The second-order valence-corrected chi connectivity index (χ2v) is 7.07. The highest BCUT2D eigenvalue weighted by Crippen LogP contribution is 2.31. The highest BCUT2D eigenvalue weighted by atomic mass is 15.0. The summed E-state index contributed by atoms with van der Waals surface area (Å²) >= 11 is 0. The monoisotopic (exact) mass is 328 g/mol. The van der Waals surface area contributed by atoms with Gasteiger partial charge in [-0.3, -0.25) is 4.57 Å². The number of benzene rings is 2. The smallest absolute Gasteiger partial charge is 0.0614 e. The van der Waals surface area contributed by atoms with E-state index in [1.54, 1.807) is 0 Å². The van der Waals surface area contributed by atoms with E-state index in [1.165, 1.54) is 34.9 Å². The third-order valence-electron chi connectivity index (χ3n) is 5.31. The van der Waals surface area contributed by atoms with Gasteiger partial charge in [0.15, 0.2) is 0 Å². The molecule has 1 saturated heterocycles. The molecule has 126 valence electrons. The number of aromatic nitrogens is 1. The van der Waals surface area contributed by atoms with Gasteiger partial charge >= 0.3 is 0 Å². The quantitative estimate of drug-likeness (QED) is 0.677. The Hall–Kier alpha value is -2.50. The fourth-order valence-corrected chi connectivity index (χ4v) is 3.78. The minimum atomic E-state index is 0.495. The van der Waals surface area contributed by atoms with Gasteiger partial charge in [0, 0.05) is 29.2 Å². The van der Waals surface area contributed by atoms with Gasteiger partial charge in [0.1, 0.15) is 0 Å². The summed E-state index contributed by atoms with van der Waals surface area (Å²) in [6.07, 6.45) is 4.77. The summed E-state index contributed by atoms with van der Waals surface area (Å²) in [6.45, 7) is 5.57. The van der Waals surface area contributed by atoms with Gasteiger partial charge in [-0.05, 0) is 61.9 Å². The minimum absolute atomic E-state index is 0.495. The lowest BCUT2D eigenvalue weighted by molar-refractivity contribution is 0.519. The van der Waals surface area contributed by atoms with Crippen LogP contribution in [0.3, 0.4) is 0 Å². The van der Waals surface area contributed by atoms with Crippen LogP contribution in [-0.4, -0.2) is 17.2 Å². The molecule has 1 aliphatic rings. The molecule has 0 bridgehead atoms. The highest BCUT2D eigenvalue weighted by Gasteiger charge is 2.24. The molecule has 1 aliphatic heterocycles. The Morgan fingerprint density at radius 2 is 1.92 bits per heavy atom. The maximum Gasteiger partial charge on any atom is 0.0614 e.